The number of anilines is 1. The van der Waals surface area contributed by atoms with Gasteiger partial charge in [0.1, 0.15) is 0 Å². The Labute approximate surface area is 112 Å². The van der Waals surface area contributed by atoms with Gasteiger partial charge in [0.05, 0.1) is 11.4 Å². The molecule has 4 heteroatoms. The van der Waals surface area contributed by atoms with Crippen molar-refractivity contribution in [3.63, 3.8) is 0 Å². The van der Waals surface area contributed by atoms with E-state index in [9.17, 15) is 8.42 Å². The van der Waals surface area contributed by atoms with Gasteiger partial charge in [-0.3, -0.25) is 4.72 Å². The fraction of sp³-hybridized carbons (Fsp3) is 0.571. The lowest BCUT2D eigenvalue weighted by atomic mass is 10.1. The molecule has 104 valence electrons. The fourth-order valence-electron chi connectivity index (χ4n) is 1.40. The zero-order valence-corrected chi connectivity index (χ0v) is 12.9. The Morgan fingerprint density at radius 1 is 1.17 bits per heavy atom. The first kappa shape index (κ1) is 17.0. The Hall–Kier alpha value is -1.03. The Balaban J connectivity index is 0.00000137. The number of rotatable bonds is 5. The molecule has 0 aliphatic carbocycles. The number of hydrogen-bond donors (Lipinski definition) is 1. The van der Waals surface area contributed by atoms with Crippen molar-refractivity contribution in [3.05, 3.63) is 29.3 Å². The van der Waals surface area contributed by atoms with Crippen LogP contribution in [-0.4, -0.2) is 14.2 Å². The molecule has 0 aliphatic rings. The molecule has 3 nitrogen and oxygen atoms in total. The zero-order chi connectivity index (χ0) is 14.2. The number of aryl methyl sites for hydroxylation is 2. The summed E-state index contributed by atoms with van der Waals surface area (Å²) >= 11 is 0. The minimum atomic E-state index is -3.19. The van der Waals surface area contributed by atoms with E-state index in [1.165, 1.54) is 0 Å². The predicted octanol–water partition coefficient (Wildman–Crippen LogP) is 3.87. The number of benzene rings is 1. The second-order valence-electron chi connectivity index (χ2n) is 4.09. The maximum atomic E-state index is 11.7. The van der Waals surface area contributed by atoms with Crippen LogP contribution >= 0.6 is 0 Å². The molecule has 18 heavy (non-hydrogen) atoms. The molecule has 0 heterocycles. The molecule has 0 aromatic heterocycles. The van der Waals surface area contributed by atoms with E-state index in [1.807, 2.05) is 52.8 Å². The maximum Gasteiger partial charge on any atom is 0.232 e. The molecule has 0 radical (unpaired) electrons. The lowest BCUT2D eigenvalue weighted by Gasteiger charge is -2.10. The molecule has 1 rings (SSSR count). The van der Waals surface area contributed by atoms with Gasteiger partial charge in [-0.2, -0.15) is 0 Å². The molecular weight excluding hydrogens is 246 g/mol. The lowest BCUT2D eigenvalue weighted by Crippen LogP contribution is -2.17. The second-order valence-corrected chi connectivity index (χ2v) is 5.93. The number of hydrogen-bond acceptors (Lipinski definition) is 2. The lowest BCUT2D eigenvalue weighted by molar-refractivity contribution is 0.598. The first-order valence-corrected chi connectivity index (χ1v) is 8.17. The average Bonchev–Trinajstić information content (AvgIpc) is 2.34. The Morgan fingerprint density at radius 3 is 2.33 bits per heavy atom. The third kappa shape index (κ3) is 6.05. The molecule has 1 aromatic rings. The van der Waals surface area contributed by atoms with Crippen LogP contribution in [0.25, 0.3) is 0 Å². The highest BCUT2D eigenvalue weighted by Gasteiger charge is 2.10. The van der Waals surface area contributed by atoms with Crippen LogP contribution in [0.3, 0.4) is 0 Å². The van der Waals surface area contributed by atoms with Crippen molar-refractivity contribution < 1.29 is 8.42 Å². The van der Waals surface area contributed by atoms with E-state index in [0.717, 1.165) is 17.5 Å². The van der Waals surface area contributed by atoms with Gasteiger partial charge >= 0.3 is 0 Å². The maximum absolute atomic E-state index is 11.7. The summed E-state index contributed by atoms with van der Waals surface area (Å²) in [6.07, 6.45) is 1.58. The van der Waals surface area contributed by atoms with E-state index in [2.05, 4.69) is 4.72 Å². The number of unbranched alkanes of at least 4 members (excludes halogenated alkanes) is 1. The normalized spacial score (nSPS) is 10.5. The van der Waals surface area contributed by atoms with Crippen molar-refractivity contribution in [1.29, 1.82) is 0 Å². The van der Waals surface area contributed by atoms with Crippen molar-refractivity contribution >= 4 is 15.7 Å². The van der Waals surface area contributed by atoms with E-state index in [0.29, 0.717) is 12.1 Å². The Bertz CT molecular complexity index is 453. The third-order valence-electron chi connectivity index (χ3n) is 2.43. The topological polar surface area (TPSA) is 46.2 Å². The molecular formula is C14H25NO2S. The summed E-state index contributed by atoms with van der Waals surface area (Å²) in [5, 5.41) is 0. The summed E-state index contributed by atoms with van der Waals surface area (Å²) in [4.78, 5) is 0. The van der Waals surface area contributed by atoms with Crippen LogP contribution in [0, 0.1) is 13.8 Å². The predicted molar refractivity (Wildman–Crippen MR) is 79.6 cm³/mol. The Kier molecular flexibility index (Phi) is 7.67. The van der Waals surface area contributed by atoms with Crippen LogP contribution in [0.4, 0.5) is 5.69 Å². The average molecular weight is 271 g/mol. The van der Waals surface area contributed by atoms with Gasteiger partial charge in [0.2, 0.25) is 10.0 Å². The molecule has 0 spiro atoms. The van der Waals surface area contributed by atoms with E-state index in [1.54, 1.807) is 0 Å². The Morgan fingerprint density at radius 2 is 1.78 bits per heavy atom. The fourth-order valence-corrected chi connectivity index (χ4v) is 2.72. The summed E-state index contributed by atoms with van der Waals surface area (Å²) in [7, 11) is -3.19. The highest BCUT2D eigenvalue weighted by molar-refractivity contribution is 7.92. The van der Waals surface area contributed by atoms with Crippen LogP contribution < -0.4 is 4.72 Å². The van der Waals surface area contributed by atoms with Crippen LogP contribution in [0.1, 0.15) is 44.7 Å². The minimum Gasteiger partial charge on any atom is -0.283 e. The molecule has 0 fully saturated rings. The molecule has 0 atom stereocenters. The largest absolute Gasteiger partial charge is 0.283 e. The SMILES string of the molecule is CC.CCCCS(=O)(=O)Nc1cc(C)ccc1C. The van der Waals surface area contributed by atoms with Crippen molar-refractivity contribution in [3.8, 4) is 0 Å². The summed E-state index contributed by atoms with van der Waals surface area (Å²) in [5.74, 6) is 0.191. The molecule has 0 amide bonds. The zero-order valence-electron chi connectivity index (χ0n) is 12.1. The van der Waals surface area contributed by atoms with Gasteiger partial charge in [-0.15, -0.1) is 0 Å². The van der Waals surface area contributed by atoms with Crippen LogP contribution in [0.5, 0.6) is 0 Å². The summed E-state index contributed by atoms with van der Waals surface area (Å²) < 4.78 is 26.1. The van der Waals surface area contributed by atoms with Gasteiger partial charge in [0.15, 0.2) is 0 Å². The molecule has 0 saturated heterocycles. The highest BCUT2D eigenvalue weighted by Crippen LogP contribution is 2.18. The van der Waals surface area contributed by atoms with Crippen LogP contribution in [-0.2, 0) is 10.0 Å². The van der Waals surface area contributed by atoms with Gasteiger partial charge in [-0.25, -0.2) is 8.42 Å². The van der Waals surface area contributed by atoms with Crippen molar-refractivity contribution in [2.24, 2.45) is 0 Å². The molecule has 0 bridgehead atoms. The van der Waals surface area contributed by atoms with Crippen LogP contribution in [0.15, 0.2) is 18.2 Å². The first-order chi connectivity index (χ1) is 8.44. The van der Waals surface area contributed by atoms with E-state index >= 15 is 0 Å². The van der Waals surface area contributed by atoms with Gasteiger partial charge in [0, 0.05) is 0 Å². The number of sulfonamides is 1. The first-order valence-electron chi connectivity index (χ1n) is 6.52. The minimum absolute atomic E-state index is 0.191. The number of nitrogens with one attached hydrogen (secondary N) is 1. The third-order valence-corrected chi connectivity index (χ3v) is 3.78. The molecule has 1 N–H and O–H groups in total. The van der Waals surface area contributed by atoms with E-state index in [-0.39, 0.29) is 5.75 Å². The molecule has 0 aliphatic heterocycles. The van der Waals surface area contributed by atoms with Crippen molar-refractivity contribution in [2.75, 3.05) is 10.5 Å². The van der Waals surface area contributed by atoms with Gasteiger partial charge < -0.3 is 0 Å². The van der Waals surface area contributed by atoms with Crippen molar-refractivity contribution in [2.45, 2.75) is 47.5 Å². The second kappa shape index (κ2) is 8.14. The summed E-state index contributed by atoms with van der Waals surface area (Å²) in [6.45, 7) is 9.83. The van der Waals surface area contributed by atoms with Gasteiger partial charge in [-0.05, 0) is 37.5 Å². The molecule has 1 aromatic carbocycles. The molecule has 0 unspecified atom stereocenters. The molecule has 0 saturated carbocycles. The van der Waals surface area contributed by atoms with Gasteiger partial charge in [-0.1, -0.05) is 39.3 Å². The summed E-state index contributed by atoms with van der Waals surface area (Å²) in [6, 6.07) is 5.75. The summed E-state index contributed by atoms with van der Waals surface area (Å²) in [5.41, 5.74) is 2.69. The van der Waals surface area contributed by atoms with Crippen molar-refractivity contribution in [1.82, 2.24) is 0 Å². The van der Waals surface area contributed by atoms with E-state index < -0.39 is 10.0 Å². The van der Waals surface area contributed by atoms with E-state index in [4.69, 9.17) is 0 Å². The van der Waals surface area contributed by atoms with Crippen LogP contribution in [0.2, 0.25) is 0 Å². The standard InChI is InChI=1S/C12H19NO2S.C2H6/c1-4-5-8-16(14,15)13-12-9-10(2)6-7-11(12)3;1-2/h6-7,9,13H,4-5,8H2,1-3H3;1-2H3. The smallest absolute Gasteiger partial charge is 0.232 e. The monoisotopic (exact) mass is 271 g/mol. The van der Waals surface area contributed by atoms with Gasteiger partial charge in [0.25, 0.3) is 0 Å². The highest BCUT2D eigenvalue weighted by atomic mass is 32.2. The quantitative estimate of drug-likeness (QED) is 0.883.